The third kappa shape index (κ3) is 5.30. The molecule has 2 aromatic carbocycles. The molecule has 0 spiro atoms. The number of ether oxygens (including phenoxy) is 1. The van der Waals surface area contributed by atoms with Gasteiger partial charge in [-0.05, 0) is 41.8 Å². The van der Waals surface area contributed by atoms with Crippen LogP contribution in [0.15, 0.2) is 72.9 Å². The molecule has 0 saturated carbocycles. The summed E-state index contributed by atoms with van der Waals surface area (Å²) in [5.74, 6) is 0.100. The van der Waals surface area contributed by atoms with E-state index in [4.69, 9.17) is 0 Å². The van der Waals surface area contributed by atoms with Gasteiger partial charge in [0.1, 0.15) is 5.75 Å². The topological polar surface area (TPSA) is 46.5 Å². The lowest BCUT2D eigenvalue weighted by molar-refractivity contribution is -0.122. The highest BCUT2D eigenvalue weighted by Gasteiger charge is 2.29. The van der Waals surface area contributed by atoms with Crippen molar-refractivity contribution < 1.29 is 18.3 Å². The van der Waals surface area contributed by atoms with Crippen LogP contribution in [0.3, 0.4) is 0 Å². The minimum Gasteiger partial charge on any atom is -0.435 e. The van der Waals surface area contributed by atoms with Crippen molar-refractivity contribution in [2.24, 2.45) is 0 Å². The summed E-state index contributed by atoms with van der Waals surface area (Å²) >= 11 is 0. The van der Waals surface area contributed by atoms with Crippen molar-refractivity contribution in [2.75, 3.05) is 19.6 Å². The maximum Gasteiger partial charge on any atom is 0.387 e. The number of rotatable bonds is 8. The number of alkyl halides is 2. The van der Waals surface area contributed by atoms with Crippen LogP contribution in [0.2, 0.25) is 0 Å². The van der Waals surface area contributed by atoms with Gasteiger partial charge in [0, 0.05) is 31.5 Å². The van der Waals surface area contributed by atoms with Crippen molar-refractivity contribution in [1.82, 2.24) is 14.8 Å². The summed E-state index contributed by atoms with van der Waals surface area (Å²) < 4.78 is 31.1. The van der Waals surface area contributed by atoms with Gasteiger partial charge in [0.15, 0.2) is 0 Å². The first-order valence-electron chi connectivity index (χ1n) is 10.3. The summed E-state index contributed by atoms with van der Waals surface area (Å²) in [7, 11) is 0. The summed E-state index contributed by atoms with van der Waals surface area (Å²) in [5.41, 5.74) is 3.30. The fraction of sp³-hybridized carbons (Fsp3) is 0.292. The number of hydrogen-bond donors (Lipinski definition) is 1. The zero-order chi connectivity index (χ0) is 21.6. The molecule has 3 aromatic rings. The minimum absolute atomic E-state index is 0.0291. The first-order valence-corrected chi connectivity index (χ1v) is 10.3. The van der Waals surface area contributed by atoms with E-state index in [0.29, 0.717) is 19.5 Å². The van der Waals surface area contributed by atoms with Crippen LogP contribution in [-0.4, -0.2) is 41.6 Å². The second-order valence-electron chi connectivity index (χ2n) is 7.53. The fourth-order valence-electron chi connectivity index (χ4n) is 4.04. The van der Waals surface area contributed by atoms with Gasteiger partial charge in [-0.2, -0.15) is 8.78 Å². The molecule has 1 atom stereocenters. The number of amides is 1. The maximum absolute atomic E-state index is 12.6. The first kappa shape index (κ1) is 21.1. The van der Waals surface area contributed by atoms with Crippen LogP contribution < -0.4 is 10.1 Å². The third-order valence-corrected chi connectivity index (χ3v) is 5.48. The quantitative estimate of drug-likeness (QED) is 0.596. The molecule has 1 aliphatic heterocycles. The van der Waals surface area contributed by atoms with Crippen LogP contribution in [-0.2, 0) is 17.8 Å². The molecule has 162 valence electrons. The monoisotopic (exact) mass is 425 g/mol. The molecule has 5 nitrogen and oxygen atoms in total. The highest BCUT2D eigenvalue weighted by Crippen LogP contribution is 2.31. The summed E-state index contributed by atoms with van der Waals surface area (Å²) in [4.78, 5) is 14.8. The van der Waals surface area contributed by atoms with Crippen LogP contribution in [0.5, 0.6) is 5.75 Å². The number of hydrogen-bond acceptors (Lipinski definition) is 3. The number of halogens is 2. The van der Waals surface area contributed by atoms with Crippen LogP contribution in [0.4, 0.5) is 8.78 Å². The zero-order valence-corrected chi connectivity index (χ0v) is 17.1. The van der Waals surface area contributed by atoms with Gasteiger partial charge in [-0.1, -0.05) is 42.5 Å². The number of fused-ring (bicyclic) bond motifs is 1. The van der Waals surface area contributed by atoms with E-state index >= 15 is 0 Å². The van der Waals surface area contributed by atoms with E-state index in [1.807, 2.05) is 24.3 Å². The van der Waals surface area contributed by atoms with Gasteiger partial charge in [0.25, 0.3) is 0 Å². The second-order valence-corrected chi connectivity index (χ2v) is 7.53. The Morgan fingerprint density at radius 2 is 1.81 bits per heavy atom. The Morgan fingerprint density at radius 3 is 2.55 bits per heavy atom. The number of carbonyl (C=O) groups excluding carboxylic acids is 1. The van der Waals surface area contributed by atoms with Gasteiger partial charge >= 0.3 is 6.61 Å². The molecule has 0 aliphatic carbocycles. The van der Waals surface area contributed by atoms with Crippen LogP contribution in [0, 0.1) is 0 Å². The Labute approximate surface area is 180 Å². The van der Waals surface area contributed by atoms with Crippen LogP contribution in [0.1, 0.15) is 22.9 Å². The van der Waals surface area contributed by atoms with Crippen molar-refractivity contribution >= 4 is 5.91 Å². The lowest BCUT2D eigenvalue weighted by atomic mass is 10.00. The molecular formula is C24H25F2N3O2. The summed E-state index contributed by atoms with van der Waals surface area (Å²) in [6.45, 7) is -0.394. The van der Waals surface area contributed by atoms with E-state index in [0.717, 1.165) is 18.7 Å². The molecule has 1 N–H and O–H groups in total. The van der Waals surface area contributed by atoms with E-state index in [9.17, 15) is 13.6 Å². The van der Waals surface area contributed by atoms with Crippen molar-refractivity contribution in [2.45, 2.75) is 25.6 Å². The molecule has 31 heavy (non-hydrogen) atoms. The Balaban J connectivity index is 1.33. The smallest absolute Gasteiger partial charge is 0.387 e. The van der Waals surface area contributed by atoms with Gasteiger partial charge in [-0.3, -0.25) is 9.69 Å². The summed E-state index contributed by atoms with van der Waals surface area (Å²) in [6, 6.07) is 20.9. The molecule has 1 unspecified atom stereocenters. The molecule has 0 fully saturated rings. The number of benzene rings is 2. The molecule has 0 radical (unpaired) electrons. The molecule has 1 amide bonds. The van der Waals surface area contributed by atoms with Crippen LogP contribution >= 0.6 is 0 Å². The molecule has 1 aromatic heterocycles. The van der Waals surface area contributed by atoms with E-state index in [-0.39, 0.29) is 17.7 Å². The molecular weight excluding hydrogens is 400 g/mol. The lowest BCUT2D eigenvalue weighted by Gasteiger charge is -2.36. The SMILES string of the molecule is O=C(CN1CCn2cccc2C1c1ccccc1)NCCc1ccc(OC(F)F)cc1. The predicted molar refractivity (Wildman–Crippen MR) is 114 cm³/mol. The molecule has 2 heterocycles. The van der Waals surface area contributed by atoms with E-state index in [2.05, 4.69) is 43.9 Å². The highest BCUT2D eigenvalue weighted by atomic mass is 19.3. The van der Waals surface area contributed by atoms with Gasteiger partial charge < -0.3 is 14.6 Å². The highest BCUT2D eigenvalue weighted by molar-refractivity contribution is 5.78. The third-order valence-electron chi connectivity index (χ3n) is 5.48. The predicted octanol–water partition coefficient (Wildman–Crippen LogP) is 3.85. The summed E-state index contributed by atoms with van der Waals surface area (Å²) in [5, 5.41) is 2.98. The van der Waals surface area contributed by atoms with Crippen molar-refractivity contribution in [3.63, 3.8) is 0 Å². The van der Waals surface area contributed by atoms with Crippen molar-refractivity contribution in [3.8, 4) is 5.75 Å². The maximum atomic E-state index is 12.6. The number of nitrogens with one attached hydrogen (secondary N) is 1. The van der Waals surface area contributed by atoms with Gasteiger partial charge in [0.2, 0.25) is 5.91 Å². The van der Waals surface area contributed by atoms with Crippen molar-refractivity contribution in [1.29, 1.82) is 0 Å². The number of aromatic nitrogens is 1. The average Bonchev–Trinajstić information content (AvgIpc) is 3.24. The molecule has 4 rings (SSSR count). The lowest BCUT2D eigenvalue weighted by Crippen LogP contribution is -2.44. The Hall–Kier alpha value is -3.19. The minimum atomic E-state index is -2.83. The van der Waals surface area contributed by atoms with Gasteiger partial charge in [-0.25, -0.2) is 0 Å². The molecule has 0 bridgehead atoms. The standard InChI is InChI=1S/C24H25F2N3O2/c25-24(26)31-20-10-8-18(9-11-20)12-13-27-22(30)17-29-16-15-28-14-4-7-21(28)23(29)19-5-2-1-3-6-19/h1-11,14,23-24H,12-13,15-17H2,(H,27,30). The van der Waals surface area contributed by atoms with Crippen molar-refractivity contribution in [3.05, 3.63) is 89.7 Å². The fourth-order valence-corrected chi connectivity index (χ4v) is 4.04. The second kappa shape index (κ2) is 9.75. The zero-order valence-electron chi connectivity index (χ0n) is 17.1. The molecule has 0 saturated heterocycles. The van der Waals surface area contributed by atoms with E-state index in [1.54, 1.807) is 12.1 Å². The van der Waals surface area contributed by atoms with Gasteiger partial charge in [0.05, 0.1) is 12.6 Å². The van der Waals surface area contributed by atoms with E-state index < -0.39 is 6.61 Å². The average molecular weight is 425 g/mol. The van der Waals surface area contributed by atoms with E-state index in [1.165, 1.54) is 23.4 Å². The first-order chi connectivity index (χ1) is 15.1. The van der Waals surface area contributed by atoms with Crippen LogP contribution in [0.25, 0.3) is 0 Å². The largest absolute Gasteiger partial charge is 0.435 e. The Kier molecular flexibility index (Phi) is 6.62. The number of carbonyl (C=O) groups is 1. The normalized spacial score (nSPS) is 16.2. The molecule has 1 aliphatic rings. The summed E-state index contributed by atoms with van der Waals surface area (Å²) in [6.07, 6.45) is 2.70. The number of nitrogens with zero attached hydrogens (tertiary/aromatic N) is 2. The van der Waals surface area contributed by atoms with Gasteiger partial charge in [-0.15, -0.1) is 0 Å². The Morgan fingerprint density at radius 1 is 1.03 bits per heavy atom. The molecule has 7 heteroatoms. The Bertz CT molecular complexity index is 990.